The number of likely N-dealkylation sites (tertiary alicyclic amines) is 1. The molecule has 0 N–H and O–H groups in total. The molecule has 2 fully saturated rings. The van der Waals surface area contributed by atoms with Crippen molar-refractivity contribution in [2.24, 2.45) is 13.0 Å². The highest BCUT2D eigenvalue weighted by Gasteiger charge is 2.31. The van der Waals surface area contributed by atoms with Gasteiger partial charge in [0, 0.05) is 43.9 Å². The quantitative estimate of drug-likeness (QED) is 0.576. The number of aromatic nitrogens is 3. The van der Waals surface area contributed by atoms with Crippen molar-refractivity contribution in [3.8, 4) is 17.0 Å². The highest BCUT2D eigenvalue weighted by Crippen LogP contribution is 2.39. The summed E-state index contributed by atoms with van der Waals surface area (Å²) in [6.45, 7) is 3.54. The molecule has 1 unspecified atom stereocenters. The van der Waals surface area contributed by atoms with E-state index in [2.05, 4.69) is 14.7 Å². The Bertz CT molecular complexity index is 1110. The number of amides is 1. The molecule has 1 saturated carbocycles. The van der Waals surface area contributed by atoms with Crippen molar-refractivity contribution in [3.05, 3.63) is 53.3 Å². The molecule has 7 nitrogen and oxygen atoms in total. The number of hydrogen-bond donors (Lipinski definition) is 0. The second-order valence-electron chi connectivity index (χ2n) is 9.10. The minimum Gasteiger partial charge on any atom is -0.497 e. The molecule has 7 heteroatoms. The van der Waals surface area contributed by atoms with Crippen LogP contribution >= 0.6 is 0 Å². The first kappa shape index (κ1) is 20.8. The lowest BCUT2D eigenvalue weighted by molar-refractivity contribution is 0.0671. The van der Waals surface area contributed by atoms with E-state index in [0.717, 1.165) is 85.2 Å². The average molecular weight is 435 g/mol. The van der Waals surface area contributed by atoms with Gasteiger partial charge in [0.2, 0.25) is 5.89 Å². The van der Waals surface area contributed by atoms with Crippen LogP contribution in [0.4, 0.5) is 0 Å². The van der Waals surface area contributed by atoms with E-state index < -0.39 is 0 Å². The summed E-state index contributed by atoms with van der Waals surface area (Å²) < 4.78 is 12.8. The Balaban J connectivity index is 1.30. The second-order valence-corrected chi connectivity index (χ2v) is 9.10. The van der Waals surface area contributed by atoms with Gasteiger partial charge in [0.05, 0.1) is 12.7 Å². The van der Waals surface area contributed by atoms with E-state index >= 15 is 0 Å². The van der Waals surface area contributed by atoms with E-state index in [0.29, 0.717) is 11.8 Å². The molecule has 3 aromatic rings. The van der Waals surface area contributed by atoms with Crippen LogP contribution in [0.15, 0.2) is 34.9 Å². The Hall–Kier alpha value is -3.09. The van der Waals surface area contributed by atoms with Crippen LogP contribution in [0.25, 0.3) is 11.3 Å². The van der Waals surface area contributed by atoms with Gasteiger partial charge in [0.25, 0.3) is 5.91 Å². The third-order valence-electron chi connectivity index (χ3n) is 6.84. The summed E-state index contributed by atoms with van der Waals surface area (Å²) in [5.41, 5.74) is 3.85. The van der Waals surface area contributed by atoms with Crippen LogP contribution in [0.5, 0.6) is 5.75 Å². The van der Waals surface area contributed by atoms with Crippen molar-refractivity contribution < 1.29 is 14.1 Å². The van der Waals surface area contributed by atoms with Crippen molar-refractivity contribution >= 4 is 5.91 Å². The van der Waals surface area contributed by atoms with Gasteiger partial charge in [-0.2, -0.15) is 4.98 Å². The topological polar surface area (TPSA) is 73.4 Å². The monoisotopic (exact) mass is 434 g/mol. The Labute approximate surface area is 188 Å². The molecular weight excluding hydrogens is 404 g/mol. The van der Waals surface area contributed by atoms with Gasteiger partial charge in [-0.3, -0.25) is 4.79 Å². The van der Waals surface area contributed by atoms with Gasteiger partial charge in [0.15, 0.2) is 5.82 Å². The van der Waals surface area contributed by atoms with Crippen molar-refractivity contribution in [2.45, 2.75) is 44.9 Å². The summed E-state index contributed by atoms with van der Waals surface area (Å²) in [6, 6.07) is 9.96. The van der Waals surface area contributed by atoms with E-state index in [1.807, 2.05) is 49.2 Å². The number of rotatable bonds is 6. The van der Waals surface area contributed by atoms with Crippen molar-refractivity contribution in [3.63, 3.8) is 0 Å². The van der Waals surface area contributed by atoms with Crippen LogP contribution in [-0.4, -0.2) is 45.7 Å². The molecule has 1 aliphatic heterocycles. The van der Waals surface area contributed by atoms with Gasteiger partial charge in [-0.05, 0) is 74.4 Å². The van der Waals surface area contributed by atoms with Gasteiger partial charge in [-0.25, -0.2) is 0 Å². The molecule has 168 valence electrons. The SMILES string of the molecule is COc1ccc(-c2cc(C(=O)N3CCCC(Cc4noc(C5CC5)n4)C3)c(C)n2C)cc1. The second kappa shape index (κ2) is 8.45. The predicted octanol–water partition coefficient (Wildman–Crippen LogP) is 4.36. The molecular formula is C25H30N4O3. The Kier molecular flexibility index (Phi) is 5.49. The zero-order chi connectivity index (χ0) is 22.2. The number of carbonyl (C=O) groups excluding carboxylic acids is 1. The van der Waals surface area contributed by atoms with Crippen LogP contribution in [0.2, 0.25) is 0 Å². The third-order valence-corrected chi connectivity index (χ3v) is 6.84. The molecule has 5 rings (SSSR count). The van der Waals surface area contributed by atoms with E-state index in [9.17, 15) is 4.79 Å². The molecule has 2 aromatic heterocycles. The first-order chi connectivity index (χ1) is 15.5. The normalized spacial score (nSPS) is 18.7. The summed E-state index contributed by atoms with van der Waals surface area (Å²) in [5.74, 6) is 3.33. The first-order valence-corrected chi connectivity index (χ1v) is 11.5. The Morgan fingerprint density at radius 1 is 1.22 bits per heavy atom. The zero-order valence-corrected chi connectivity index (χ0v) is 19.0. The van der Waals surface area contributed by atoms with Crippen LogP contribution in [0.1, 0.15) is 59.4 Å². The number of benzene rings is 1. The minimum absolute atomic E-state index is 0.106. The maximum Gasteiger partial charge on any atom is 0.255 e. The highest BCUT2D eigenvalue weighted by atomic mass is 16.5. The lowest BCUT2D eigenvalue weighted by Gasteiger charge is -2.32. The number of piperidine rings is 1. The van der Waals surface area contributed by atoms with Crippen molar-refractivity contribution in [1.82, 2.24) is 19.6 Å². The highest BCUT2D eigenvalue weighted by molar-refractivity contribution is 5.97. The standard InChI is InChI=1S/C25H30N4O3/c1-16-21(14-22(28(16)2)18-8-10-20(31-3)11-9-18)25(30)29-12-4-5-17(15-29)13-23-26-24(32-27-23)19-6-7-19/h8-11,14,17,19H,4-7,12-13,15H2,1-3H3. The van der Waals surface area contributed by atoms with Crippen LogP contribution in [-0.2, 0) is 13.5 Å². The minimum atomic E-state index is 0.106. The summed E-state index contributed by atoms with van der Waals surface area (Å²) in [6.07, 6.45) is 5.17. The maximum absolute atomic E-state index is 13.5. The summed E-state index contributed by atoms with van der Waals surface area (Å²) >= 11 is 0. The van der Waals surface area contributed by atoms with Gasteiger partial charge in [0.1, 0.15) is 5.75 Å². The molecule has 2 aliphatic rings. The molecule has 1 aliphatic carbocycles. The van der Waals surface area contributed by atoms with Crippen molar-refractivity contribution in [2.75, 3.05) is 20.2 Å². The fourth-order valence-electron chi connectivity index (χ4n) is 4.65. The summed E-state index contributed by atoms with van der Waals surface area (Å²) in [7, 11) is 3.67. The molecule has 0 radical (unpaired) electrons. The largest absolute Gasteiger partial charge is 0.497 e. The number of carbonyl (C=O) groups is 1. The third kappa shape index (κ3) is 4.04. The first-order valence-electron chi connectivity index (χ1n) is 11.5. The lowest BCUT2D eigenvalue weighted by Crippen LogP contribution is -2.40. The maximum atomic E-state index is 13.5. The van der Waals surface area contributed by atoms with Gasteiger partial charge < -0.3 is 18.7 Å². The van der Waals surface area contributed by atoms with Gasteiger partial charge >= 0.3 is 0 Å². The number of methoxy groups -OCH3 is 1. The fraction of sp³-hybridized carbons (Fsp3) is 0.480. The molecule has 1 saturated heterocycles. The number of nitrogens with zero attached hydrogens (tertiary/aromatic N) is 4. The Morgan fingerprint density at radius 3 is 2.72 bits per heavy atom. The molecule has 1 atom stereocenters. The number of hydrogen-bond acceptors (Lipinski definition) is 5. The van der Waals surface area contributed by atoms with Gasteiger partial charge in [-0.15, -0.1) is 0 Å². The van der Waals surface area contributed by atoms with Crippen LogP contribution in [0, 0.1) is 12.8 Å². The van der Waals surface area contributed by atoms with E-state index in [1.165, 1.54) is 0 Å². The predicted molar refractivity (Wildman–Crippen MR) is 121 cm³/mol. The fourth-order valence-corrected chi connectivity index (χ4v) is 4.65. The molecule has 32 heavy (non-hydrogen) atoms. The molecule has 0 spiro atoms. The average Bonchev–Trinajstić information content (AvgIpc) is 3.50. The van der Waals surface area contributed by atoms with E-state index in [1.54, 1.807) is 7.11 Å². The smallest absolute Gasteiger partial charge is 0.255 e. The summed E-state index contributed by atoms with van der Waals surface area (Å²) in [4.78, 5) is 20.0. The van der Waals surface area contributed by atoms with Gasteiger partial charge in [-0.1, -0.05) is 5.16 Å². The molecule has 3 heterocycles. The zero-order valence-electron chi connectivity index (χ0n) is 19.0. The van der Waals surface area contributed by atoms with E-state index in [4.69, 9.17) is 9.26 Å². The molecule has 1 aromatic carbocycles. The number of ether oxygens (including phenoxy) is 1. The van der Waals surface area contributed by atoms with Crippen LogP contribution in [0.3, 0.4) is 0 Å². The van der Waals surface area contributed by atoms with Crippen LogP contribution < -0.4 is 4.74 Å². The molecule has 0 bridgehead atoms. The lowest BCUT2D eigenvalue weighted by atomic mass is 9.94. The summed E-state index contributed by atoms with van der Waals surface area (Å²) in [5, 5.41) is 4.17. The van der Waals surface area contributed by atoms with E-state index in [-0.39, 0.29) is 5.91 Å². The molecule has 1 amide bonds. The van der Waals surface area contributed by atoms with Crippen molar-refractivity contribution in [1.29, 1.82) is 0 Å². The Morgan fingerprint density at radius 2 is 2.00 bits per heavy atom.